The molecule has 130 valence electrons. The molecule has 0 aliphatic carbocycles. The maximum atomic E-state index is 12.0. The molecule has 0 amide bonds. The zero-order valence-electron chi connectivity index (χ0n) is 13.1. The highest BCUT2D eigenvalue weighted by molar-refractivity contribution is 7.89. The maximum Gasteiger partial charge on any atom is 0.330 e. The maximum absolute atomic E-state index is 12.0. The summed E-state index contributed by atoms with van der Waals surface area (Å²) in [6.45, 7) is 0.159. The van der Waals surface area contributed by atoms with Gasteiger partial charge in [-0.15, -0.1) is 0 Å². The quantitative estimate of drug-likeness (QED) is 0.510. The Morgan fingerprint density at radius 3 is 2.50 bits per heavy atom. The van der Waals surface area contributed by atoms with E-state index in [0.29, 0.717) is 0 Å². The van der Waals surface area contributed by atoms with Gasteiger partial charge in [0.2, 0.25) is 10.0 Å². The first-order valence-corrected chi connectivity index (χ1v) is 8.81. The molecule has 0 saturated carbocycles. The van der Waals surface area contributed by atoms with E-state index in [9.17, 15) is 18.0 Å². The summed E-state index contributed by atoms with van der Waals surface area (Å²) < 4.78 is 26.2. The molecule has 5 N–H and O–H groups in total. The molecular formula is C14H19N5O4S. The summed E-state index contributed by atoms with van der Waals surface area (Å²) in [6.07, 6.45) is 0. The lowest BCUT2D eigenvalue weighted by Gasteiger charge is -2.14. The van der Waals surface area contributed by atoms with Crippen LogP contribution in [0.5, 0.6) is 0 Å². The van der Waals surface area contributed by atoms with Crippen LogP contribution in [0.3, 0.4) is 0 Å². The largest absolute Gasteiger partial charge is 0.383 e. The van der Waals surface area contributed by atoms with Crippen molar-refractivity contribution < 1.29 is 8.42 Å². The number of hydrogen-bond donors (Lipinski definition) is 4. The Kier molecular flexibility index (Phi) is 5.42. The average Bonchev–Trinajstić information content (AvgIpc) is 2.55. The van der Waals surface area contributed by atoms with Gasteiger partial charge < -0.3 is 11.1 Å². The van der Waals surface area contributed by atoms with Crippen molar-refractivity contribution in [1.82, 2.24) is 14.3 Å². The minimum atomic E-state index is -3.42. The van der Waals surface area contributed by atoms with E-state index in [4.69, 9.17) is 5.73 Å². The number of nitrogens with one attached hydrogen (secondary N) is 3. The number of anilines is 2. The van der Waals surface area contributed by atoms with Crippen molar-refractivity contribution in [3.63, 3.8) is 0 Å². The number of nitrogens with zero attached hydrogens (tertiary/aromatic N) is 1. The Bertz CT molecular complexity index is 918. The second-order valence-corrected chi connectivity index (χ2v) is 7.09. The van der Waals surface area contributed by atoms with Crippen LogP contribution in [0.25, 0.3) is 0 Å². The first-order chi connectivity index (χ1) is 11.3. The summed E-state index contributed by atoms with van der Waals surface area (Å²) in [4.78, 5) is 26.1. The first-order valence-electron chi connectivity index (χ1n) is 7.15. The van der Waals surface area contributed by atoms with Crippen molar-refractivity contribution in [2.45, 2.75) is 6.54 Å². The number of rotatable bonds is 7. The Morgan fingerprint density at radius 1 is 1.21 bits per heavy atom. The molecule has 2 aromatic rings. The summed E-state index contributed by atoms with van der Waals surface area (Å²) in [5.74, 6) is -0.283. The predicted octanol–water partition coefficient (Wildman–Crippen LogP) is -0.872. The van der Waals surface area contributed by atoms with Gasteiger partial charge in [-0.3, -0.25) is 14.3 Å². The highest BCUT2D eigenvalue weighted by atomic mass is 32.2. The normalized spacial score (nSPS) is 11.4. The average molecular weight is 353 g/mol. The molecule has 0 radical (unpaired) electrons. The van der Waals surface area contributed by atoms with Crippen molar-refractivity contribution in [2.75, 3.05) is 30.4 Å². The number of H-pyrrole nitrogens is 1. The first kappa shape index (κ1) is 17.8. The van der Waals surface area contributed by atoms with E-state index in [2.05, 4.69) is 15.0 Å². The van der Waals surface area contributed by atoms with Gasteiger partial charge in [-0.25, -0.2) is 17.9 Å². The number of nitrogen functional groups attached to an aromatic ring is 1. The standard InChI is InChI=1S/C14H19N5O4S/c1-16-24(22,23)8-7-17-11-12(15)19(14(21)18-13(11)20)9-10-5-3-2-4-6-10/h2-6,16-17H,7-9,15H2,1H3,(H,18,20,21). The van der Waals surface area contributed by atoms with Crippen LogP contribution in [0, 0.1) is 0 Å². The summed E-state index contributed by atoms with van der Waals surface area (Å²) in [6, 6.07) is 9.14. The van der Waals surface area contributed by atoms with Crippen molar-refractivity contribution in [2.24, 2.45) is 0 Å². The molecule has 2 rings (SSSR count). The van der Waals surface area contributed by atoms with E-state index >= 15 is 0 Å². The van der Waals surface area contributed by atoms with Crippen LogP contribution in [-0.2, 0) is 16.6 Å². The second kappa shape index (κ2) is 7.32. The van der Waals surface area contributed by atoms with Crippen LogP contribution in [0.15, 0.2) is 39.9 Å². The third-order valence-corrected chi connectivity index (χ3v) is 4.77. The molecule has 24 heavy (non-hydrogen) atoms. The van der Waals surface area contributed by atoms with Gasteiger partial charge in [-0.1, -0.05) is 30.3 Å². The van der Waals surface area contributed by atoms with E-state index in [-0.39, 0.29) is 30.3 Å². The summed E-state index contributed by atoms with van der Waals surface area (Å²) in [5, 5.41) is 2.68. The lowest BCUT2D eigenvalue weighted by Crippen LogP contribution is -2.35. The van der Waals surface area contributed by atoms with Crippen LogP contribution >= 0.6 is 0 Å². The molecule has 1 aromatic heterocycles. The molecule has 0 aliphatic heterocycles. The van der Waals surface area contributed by atoms with Crippen LogP contribution in [0.4, 0.5) is 11.5 Å². The van der Waals surface area contributed by atoms with Gasteiger partial charge in [0, 0.05) is 6.54 Å². The van der Waals surface area contributed by atoms with Gasteiger partial charge in [0.25, 0.3) is 5.56 Å². The van der Waals surface area contributed by atoms with Gasteiger partial charge in [-0.05, 0) is 12.6 Å². The highest BCUT2D eigenvalue weighted by Gasteiger charge is 2.14. The van der Waals surface area contributed by atoms with Crippen LogP contribution < -0.4 is 27.0 Å². The monoisotopic (exact) mass is 353 g/mol. The molecule has 10 heteroatoms. The minimum Gasteiger partial charge on any atom is -0.383 e. The Balaban J connectivity index is 2.28. The summed E-state index contributed by atoms with van der Waals surface area (Å²) >= 11 is 0. The zero-order chi connectivity index (χ0) is 17.7. The lowest BCUT2D eigenvalue weighted by atomic mass is 10.2. The Morgan fingerprint density at radius 2 is 1.88 bits per heavy atom. The van der Waals surface area contributed by atoms with Crippen LogP contribution in [-0.4, -0.2) is 37.3 Å². The lowest BCUT2D eigenvalue weighted by molar-refractivity contribution is 0.588. The van der Waals surface area contributed by atoms with Crippen LogP contribution in [0.1, 0.15) is 5.56 Å². The molecule has 0 saturated heterocycles. The van der Waals surface area contributed by atoms with Gasteiger partial charge in [0.1, 0.15) is 11.5 Å². The topological polar surface area (TPSA) is 139 Å². The third-order valence-electron chi connectivity index (χ3n) is 3.41. The number of hydrogen-bond acceptors (Lipinski definition) is 6. The van der Waals surface area contributed by atoms with Gasteiger partial charge in [0.15, 0.2) is 0 Å². The highest BCUT2D eigenvalue weighted by Crippen LogP contribution is 2.12. The van der Waals surface area contributed by atoms with Gasteiger partial charge in [-0.2, -0.15) is 0 Å². The third kappa shape index (κ3) is 4.24. The number of aromatic nitrogens is 2. The zero-order valence-corrected chi connectivity index (χ0v) is 13.9. The molecule has 0 atom stereocenters. The molecular weight excluding hydrogens is 334 g/mol. The molecule has 0 spiro atoms. The molecule has 1 aromatic carbocycles. The fourth-order valence-corrected chi connectivity index (χ4v) is 2.67. The number of aromatic amines is 1. The van der Waals surface area contributed by atoms with E-state index in [1.54, 1.807) is 0 Å². The number of nitrogens with two attached hydrogens (primary N) is 1. The Hall–Kier alpha value is -2.59. The summed E-state index contributed by atoms with van der Waals surface area (Å²) in [7, 11) is -2.11. The van der Waals surface area contributed by atoms with Crippen molar-refractivity contribution in [3.05, 3.63) is 56.7 Å². The van der Waals surface area contributed by atoms with Crippen molar-refractivity contribution >= 4 is 21.5 Å². The van der Waals surface area contributed by atoms with Crippen molar-refractivity contribution in [1.29, 1.82) is 0 Å². The van der Waals surface area contributed by atoms with E-state index in [1.807, 2.05) is 30.3 Å². The van der Waals surface area contributed by atoms with Crippen molar-refractivity contribution in [3.8, 4) is 0 Å². The fraction of sp³-hybridized carbons (Fsp3) is 0.286. The second-order valence-electron chi connectivity index (χ2n) is 5.04. The molecule has 1 heterocycles. The number of sulfonamides is 1. The summed E-state index contributed by atoms with van der Waals surface area (Å²) in [5.41, 5.74) is 5.41. The minimum absolute atomic E-state index is 0.0278. The molecule has 0 aliphatic rings. The molecule has 0 unspecified atom stereocenters. The van der Waals surface area contributed by atoms with Gasteiger partial charge in [0.05, 0.1) is 12.3 Å². The predicted molar refractivity (Wildman–Crippen MR) is 92.6 cm³/mol. The van der Waals surface area contributed by atoms with Crippen LogP contribution in [0.2, 0.25) is 0 Å². The molecule has 0 fully saturated rings. The van der Waals surface area contributed by atoms with E-state index in [1.165, 1.54) is 11.6 Å². The number of benzene rings is 1. The molecule has 9 nitrogen and oxygen atoms in total. The van der Waals surface area contributed by atoms with Gasteiger partial charge >= 0.3 is 5.69 Å². The van der Waals surface area contributed by atoms with E-state index in [0.717, 1.165) is 5.56 Å². The van der Waals surface area contributed by atoms with E-state index < -0.39 is 21.3 Å². The molecule has 0 bridgehead atoms. The smallest absolute Gasteiger partial charge is 0.330 e. The SMILES string of the molecule is CNS(=O)(=O)CCNc1c(N)n(Cc2ccccc2)c(=O)[nH]c1=O. The Labute approximate surface area is 138 Å². The fourth-order valence-electron chi connectivity index (χ4n) is 2.09.